The lowest BCUT2D eigenvalue weighted by molar-refractivity contribution is 0.570. The molecule has 1 saturated carbocycles. The van der Waals surface area contributed by atoms with E-state index < -0.39 is 0 Å². The Bertz CT molecular complexity index is 1460. The molecule has 0 amide bonds. The van der Waals surface area contributed by atoms with E-state index in [9.17, 15) is 4.39 Å². The summed E-state index contributed by atoms with van der Waals surface area (Å²) < 4.78 is 17.1. The van der Waals surface area contributed by atoms with Crippen LogP contribution < -0.4 is 5.32 Å². The van der Waals surface area contributed by atoms with Gasteiger partial charge in [-0.25, -0.2) is 14.1 Å². The number of anilines is 1. The Kier molecular flexibility index (Phi) is 6.17. The van der Waals surface area contributed by atoms with E-state index in [0.717, 1.165) is 47.2 Å². The third-order valence-corrected chi connectivity index (χ3v) is 6.30. The van der Waals surface area contributed by atoms with Crippen LogP contribution in [0, 0.1) is 18.7 Å². The number of fused-ring (bicyclic) bond motifs is 1. The van der Waals surface area contributed by atoms with Crippen molar-refractivity contribution in [2.75, 3.05) is 12.4 Å². The molecule has 1 aliphatic rings. The maximum absolute atomic E-state index is 13.5. The monoisotopic (exact) mass is 490 g/mol. The van der Waals surface area contributed by atoms with Crippen LogP contribution in [0.2, 0.25) is 5.02 Å². The van der Waals surface area contributed by atoms with E-state index in [1.165, 1.54) is 12.1 Å². The van der Waals surface area contributed by atoms with E-state index >= 15 is 0 Å². The highest BCUT2D eigenvalue weighted by molar-refractivity contribution is 6.35. The molecule has 1 aliphatic carbocycles. The average Bonchev–Trinajstić information content (AvgIpc) is 3.56. The van der Waals surface area contributed by atoms with Crippen LogP contribution in [-0.2, 0) is 6.54 Å². The fourth-order valence-electron chi connectivity index (χ4n) is 3.96. The molecule has 35 heavy (non-hydrogen) atoms. The highest BCUT2D eigenvalue weighted by Gasteiger charge is 2.26. The van der Waals surface area contributed by atoms with Crippen LogP contribution in [0.15, 0.2) is 64.6 Å². The first kappa shape index (κ1) is 22.9. The minimum Gasteiger partial charge on any atom is -0.322 e. The number of aliphatic imine (C=N–C) groups is 2. The van der Waals surface area contributed by atoms with E-state index in [1.54, 1.807) is 42.3 Å². The first-order valence-corrected chi connectivity index (χ1v) is 11.6. The van der Waals surface area contributed by atoms with E-state index in [2.05, 4.69) is 32.1 Å². The van der Waals surface area contributed by atoms with Crippen LogP contribution in [0.3, 0.4) is 0 Å². The lowest BCUT2D eigenvalue weighted by Crippen LogP contribution is -2.13. The van der Waals surface area contributed by atoms with Gasteiger partial charge in [-0.2, -0.15) is 10.2 Å². The van der Waals surface area contributed by atoms with Gasteiger partial charge in [0.25, 0.3) is 0 Å². The van der Waals surface area contributed by atoms with Crippen molar-refractivity contribution in [1.29, 1.82) is 0 Å². The largest absolute Gasteiger partial charge is 0.322 e. The van der Waals surface area contributed by atoms with Gasteiger partial charge in [0, 0.05) is 36.8 Å². The molecule has 0 bridgehead atoms. The Balaban J connectivity index is 1.51. The summed E-state index contributed by atoms with van der Waals surface area (Å²) in [5, 5.41) is 13.9. The fraction of sp³-hybridized carbons (Fsp3) is 0.240. The van der Waals surface area contributed by atoms with Crippen molar-refractivity contribution in [2.24, 2.45) is 15.9 Å². The van der Waals surface area contributed by atoms with Gasteiger partial charge in [-0.15, -0.1) is 0 Å². The van der Waals surface area contributed by atoms with Crippen LogP contribution >= 0.6 is 11.6 Å². The second-order valence-corrected chi connectivity index (χ2v) is 8.81. The molecule has 0 radical (unpaired) electrons. The number of pyridine rings is 1. The van der Waals surface area contributed by atoms with Crippen LogP contribution in [-0.4, -0.2) is 44.1 Å². The third kappa shape index (κ3) is 4.59. The zero-order chi connectivity index (χ0) is 24.5. The summed E-state index contributed by atoms with van der Waals surface area (Å²) in [6.45, 7) is 6.37. The third-order valence-electron chi connectivity index (χ3n) is 5.94. The van der Waals surface area contributed by atoms with Crippen molar-refractivity contribution in [1.82, 2.24) is 24.5 Å². The minimum atomic E-state index is -0.305. The first-order chi connectivity index (χ1) is 17.0. The van der Waals surface area contributed by atoms with Crippen LogP contribution in [0.5, 0.6) is 0 Å². The molecule has 178 valence electrons. The second kappa shape index (κ2) is 9.42. The lowest BCUT2D eigenvalue weighted by Gasteiger charge is -2.07. The highest BCUT2D eigenvalue weighted by atomic mass is 35.5. The highest BCUT2D eigenvalue weighted by Crippen LogP contribution is 2.38. The summed E-state index contributed by atoms with van der Waals surface area (Å²) in [6.07, 6.45) is 7.51. The summed E-state index contributed by atoms with van der Waals surface area (Å²) in [5.74, 6) is 1.64. The van der Waals surface area contributed by atoms with Gasteiger partial charge in [0.05, 0.1) is 23.1 Å². The number of allylic oxidation sites excluding steroid dienone is 1. The quantitative estimate of drug-likeness (QED) is 0.280. The number of hydrogen-bond acceptors (Lipinski definition) is 6. The second-order valence-electron chi connectivity index (χ2n) is 8.43. The summed E-state index contributed by atoms with van der Waals surface area (Å²) in [4.78, 5) is 12.7. The molecule has 4 aromatic rings. The molecular formula is C25H24ClFN8. The number of benzene rings is 1. The van der Waals surface area contributed by atoms with E-state index in [0.29, 0.717) is 28.4 Å². The Morgan fingerprint density at radius 3 is 2.71 bits per heavy atom. The maximum atomic E-state index is 13.5. The molecule has 0 atom stereocenters. The average molecular weight is 491 g/mol. The van der Waals surface area contributed by atoms with Crippen molar-refractivity contribution in [3.63, 3.8) is 0 Å². The van der Waals surface area contributed by atoms with Crippen LogP contribution in [0.1, 0.15) is 18.5 Å². The number of rotatable bonds is 7. The molecule has 1 aromatic carbocycles. The number of aromatic nitrogens is 5. The molecule has 5 rings (SSSR count). The Morgan fingerprint density at radius 2 is 2.03 bits per heavy atom. The molecule has 1 fully saturated rings. The van der Waals surface area contributed by atoms with Crippen molar-refractivity contribution in [2.45, 2.75) is 26.3 Å². The summed E-state index contributed by atoms with van der Waals surface area (Å²) in [6, 6.07) is 8.15. The predicted molar refractivity (Wildman–Crippen MR) is 138 cm³/mol. The van der Waals surface area contributed by atoms with Gasteiger partial charge in [0.2, 0.25) is 0 Å². The first-order valence-electron chi connectivity index (χ1n) is 11.2. The lowest BCUT2D eigenvalue weighted by atomic mass is 10.1. The van der Waals surface area contributed by atoms with Crippen LogP contribution in [0.4, 0.5) is 10.2 Å². The number of hydrogen-bond donors (Lipinski definition) is 1. The smallest absolute Gasteiger partial charge is 0.173 e. The molecule has 0 unspecified atom stereocenters. The SMILES string of the molecule is C=N/C(=C\C(=NC)n1nc(C)c2ccncc21)Nc1nn(CC2CC2)c(-c2ccc(F)cc2)c1Cl. The van der Waals surface area contributed by atoms with Gasteiger partial charge in [-0.3, -0.25) is 14.7 Å². The fourth-order valence-corrected chi connectivity index (χ4v) is 4.25. The number of aryl methyl sites for hydroxylation is 1. The van der Waals surface area contributed by atoms with Crippen molar-refractivity contribution in [3.05, 3.63) is 71.2 Å². The molecule has 3 aromatic heterocycles. The molecule has 1 N–H and O–H groups in total. The van der Waals surface area contributed by atoms with Crippen molar-refractivity contribution < 1.29 is 4.39 Å². The standard InChI is InChI=1S/C25H24ClFN8/c1-15-19-10-11-30-13-20(19)35(32-15)22(29-3)12-21(28-2)31-25-23(26)24(17-6-8-18(27)9-7-17)34(33-25)14-16-4-5-16/h6-13,16H,2,4-5,14H2,1,3H3,(H,31,33)/b21-12+,29-22?. The molecule has 10 heteroatoms. The molecular weight excluding hydrogens is 467 g/mol. The zero-order valence-corrected chi connectivity index (χ0v) is 20.2. The molecule has 0 aliphatic heterocycles. The van der Waals surface area contributed by atoms with E-state index in [4.69, 9.17) is 16.7 Å². The van der Waals surface area contributed by atoms with Gasteiger partial charge >= 0.3 is 0 Å². The number of halogens is 2. The molecule has 0 saturated heterocycles. The number of nitrogens with one attached hydrogen (secondary N) is 1. The van der Waals surface area contributed by atoms with Gasteiger partial charge in [0.15, 0.2) is 11.7 Å². The predicted octanol–water partition coefficient (Wildman–Crippen LogP) is 5.34. The maximum Gasteiger partial charge on any atom is 0.173 e. The minimum absolute atomic E-state index is 0.305. The summed E-state index contributed by atoms with van der Waals surface area (Å²) in [5.41, 5.74) is 3.21. The zero-order valence-electron chi connectivity index (χ0n) is 19.4. The van der Waals surface area contributed by atoms with E-state index in [-0.39, 0.29) is 5.82 Å². The molecule has 8 nitrogen and oxygen atoms in total. The van der Waals surface area contributed by atoms with Gasteiger partial charge in [0.1, 0.15) is 16.7 Å². The van der Waals surface area contributed by atoms with Crippen LogP contribution in [0.25, 0.3) is 22.2 Å². The van der Waals surface area contributed by atoms with Gasteiger partial charge in [-0.1, -0.05) is 11.6 Å². The number of nitrogens with zero attached hydrogens (tertiary/aromatic N) is 7. The Hall–Kier alpha value is -3.85. The van der Waals surface area contributed by atoms with Gasteiger partial charge < -0.3 is 5.32 Å². The molecule has 3 heterocycles. The normalized spacial score (nSPS) is 14.5. The topological polar surface area (TPSA) is 85.3 Å². The molecule has 0 spiro atoms. The Labute approximate surface area is 206 Å². The van der Waals surface area contributed by atoms with Crippen molar-refractivity contribution in [3.8, 4) is 11.3 Å². The van der Waals surface area contributed by atoms with Crippen molar-refractivity contribution >= 4 is 40.9 Å². The van der Waals surface area contributed by atoms with E-state index in [1.807, 2.05) is 17.7 Å². The summed E-state index contributed by atoms with van der Waals surface area (Å²) in [7, 11) is 1.68. The Morgan fingerprint density at radius 1 is 1.26 bits per heavy atom. The summed E-state index contributed by atoms with van der Waals surface area (Å²) >= 11 is 6.79. The van der Waals surface area contributed by atoms with Gasteiger partial charge in [-0.05, 0) is 62.7 Å².